The number of nitrogens with one attached hydrogen (secondary N) is 1. The van der Waals surface area contributed by atoms with Crippen LogP contribution in [0.25, 0.3) is 0 Å². The van der Waals surface area contributed by atoms with Gasteiger partial charge in [-0.05, 0) is 44.0 Å². The molecule has 0 amide bonds. The lowest BCUT2D eigenvalue weighted by atomic mass is 10.1. The van der Waals surface area contributed by atoms with Crippen molar-refractivity contribution in [2.45, 2.75) is 25.8 Å². The molecule has 18 heavy (non-hydrogen) atoms. The van der Waals surface area contributed by atoms with E-state index >= 15 is 0 Å². The maximum atomic E-state index is 5.55. The van der Waals surface area contributed by atoms with Gasteiger partial charge < -0.3 is 20.5 Å². The first kappa shape index (κ1) is 14.8. The van der Waals surface area contributed by atoms with E-state index in [1.807, 2.05) is 6.07 Å². The molecular weight excluding hydrogens is 228 g/mol. The summed E-state index contributed by atoms with van der Waals surface area (Å²) >= 11 is 0. The van der Waals surface area contributed by atoms with Crippen LogP contribution in [0.3, 0.4) is 0 Å². The van der Waals surface area contributed by atoms with E-state index in [4.69, 9.17) is 15.2 Å². The van der Waals surface area contributed by atoms with Crippen molar-refractivity contribution in [3.8, 4) is 11.5 Å². The van der Waals surface area contributed by atoms with Gasteiger partial charge in [0.25, 0.3) is 0 Å². The van der Waals surface area contributed by atoms with Crippen LogP contribution >= 0.6 is 0 Å². The smallest absolute Gasteiger partial charge is 0.122 e. The molecule has 0 aliphatic carbocycles. The number of ether oxygens (including phenoxy) is 2. The Hall–Kier alpha value is -1.26. The normalized spacial score (nSPS) is 12.2. The highest BCUT2D eigenvalue weighted by Crippen LogP contribution is 2.23. The summed E-state index contributed by atoms with van der Waals surface area (Å²) in [5, 5.41) is 3.37. The molecule has 0 spiro atoms. The van der Waals surface area contributed by atoms with E-state index < -0.39 is 0 Å². The standard InChI is InChI=1S/C14H24N2O2/c1-11(10-15)16-6-4-5-12-7-13(17-2)9-14(8-12)18-3/h7-9,11,16H,4-6,10,15H2,1-3H3/t11-/m1/s1. The van der Waals surface area contributed by atoms with Crippen LogP contribution in [0.1, 0.15) is 18.9 Å². The molecule has 102 valence electrons. The van der Waals surface area contributed by atoms with Gasteiger partial charge in [-0.25, -0.2) is 0 Å². The average Bonchev–Trinajstić information content (AvgIpc) is 2.42. The van der Waals surface area contributed by atoms with Gasteiger partial charge in [0.1, 0.15) is 11.5 Å². The van der Waals surface area contributed by atoms with Gasteiger partial charge in [0.05, 0.1) is 14.2 Å². The van der Waals surface area contributed by atoms with E-state index in [0.717, 1.165) is 30.9 Å². The van der Waals surface area contributed by atoms with Crippen LogP contribution in [0.15, 0.2) is 18.2 Å². The third kappa shape index (κ3) is 4.94. The molecule has 4 heteroatoms. The topological polar surface area (TPSA) is 56.5 Å². The molecule has 0 fully saturated rings. The zero-order chi connectivity index (χ0) is 13.4. The van der Waals surface area contributed by atoms with Crippen molar-refractivity contribution < 1.29 is 9.47 Å². The summed E-state index contributed by atoms with van der Waals surface area (Å²) in [6.07, 6.45) is 2.07. The fourth-order valence-corrected chi connectivity index (χ4v) is 1.74. The molecule has 1 aromatic rings. The molecule has 0 saturated heterocycles. The molecule has 0 heterocycles. The highest BCUT2D eigenvalue weighted by molar-refractivity contribution is 5.38. The highest BCUT2D eigenvalue weighted by atomic mass is 16.5. The van der Waals surface area contributed by atoms with E-state index in [1.165, 1.54) is 5.56 Å². The Morgan fingerprint density at radius 2 is 1.78 bits per heavy atom. The molecule has 1 aromatic carbocycles. The summed E-state index contributed by atoms with van der Waals surface area (Å²) in [5.74, 6) is 1.68. The van der Waals surface area contributed by atoms with Gasteiger partial charge in [-0.2, -0.15) is 0 Å². The average molecular weight is 252 g/mol. The molecule has 1 atom stereocenters. The summed E-state index contributed by atoms with van der Waals surface area (Å²) in [6, 6.07) is 6.37. The summed E-state index contributed by atoms with van der Waals surface area (Å²) in [7, 11) is 3.34. The number of rotatable bonds is 8. The van der Waals surface area contributed by atoms with Gasteiger partial charge >= 0.3 is 0 Å². The van der Waals surface area contributed by atoms with Crippen LogP contribution in [-0.4, -0.2) is 33.4 Å². The molecule has 0 aromatic heterocycles. The van der Waals surface area contributed by atoms with Crippen molar-refractivity contribution in [3.63, 3.8) is 0 Å². The maximum Gasteiger partial charge on any atom is 0.122 e. The predicted octanol–water partition coefficient (Wildman–Crippen LogP) is 1.57. The fraction of sp³-hybridized carbons (Fsp3) is 0.571. The van der Waals surface area contributed by atoms with Crippen molar-refractivity contribution in [3.05, 3.63) is 23.8 Å². The maximum absolute atomic E-state index is 5.55. The first-order chi connectivity index (χ1) is 8.69. The zero-order valence-electron chi connectivity index (χ0n) is 11.5. The largest absolute Gasteiger partial charge is 0.497 e. The number of hydrogen-bond acceptors (Lipinski definition) is 4. The Kier molecular flexibility index (Phi) is 6.54. The summed E-state index contributed by atoms with van der Waals surface area (Å²) in [6.45, 7) is 3.74. The second-order valence-corrected chi connectivity index (χ2v) is 4.42. The van der Waals surface area contributed by atoms with Crippen LogP contribution in [0, 0.1) is 0 Å². The van der Waals surface area contributed by atoms with E-state index in [9.17, 15) is 0 Å². The van der Waals surface area contributed by atoms with Gasteiger partial charge in [-0.1, -0.05) is 0 Å². The molecule has 0 aliphatic heterocycles. The zero-order valence-corrected chi connectivity index (χ0v) is 11.5. The molecule has 0 bridgehead atoms. The van der Waals surface area contributed by atoms with Gasteiger partial charge in [0.15, 0.2) is 0 Å². The Balaban J connectivity index is 2.46. The van der Waals surface area contributed by atoms with Crippen molar-refractivity contribution in [2.24, 2.45) is 5.73 Å². The third-order valence-corrected chi connectivity index (χ3v) is 2.90. The number of benzene rings is 1. The van der Waals surface area contributed by atoms with Crippen LogP contribution in [0.4, 0.5) is 0 Å². The first-order valence-electron chi connectivity index (χ1n) is 6.35. The second-order valence-electron chi connectivity index (χ2n) is 4.42. The lowest BCUT2D eigenvalue weighted by molar-refractivity contribution is 0.393. The number of methoxy groups -OCH3 is 2. The van der Waals surface area contributed by atoms with Crippen molar-refractivity contribution in [2.75, 3.05) is 27.3 Å². The quantitative estimate of drug-likeness (QED) is 0.690. The minimum atomic E-state index is 0.379. The highest BCUT2D eigenvalue weighted by Gasteiger charge is 2.02. The van der Waals surface area contributed by atoms with E-state index in [-0.39, 0.29) is 0 Å². The Morgan fingerprint density at radius 3 is 2.28 bits per heavy atom. The second kappa shape index (κ2) is 7.95. The van der Waals surface area contributed by atoms with Crippen molar-refractivity contribution in [1.82, 2.24) is 5.32 Å². The summed E-state index contributed by atoms with van der Waals surface area (Å²) in [4.78, 5) is 0. The summed E-state index contributed by atoms with van der Waals surface area (Å²) in [5.41, 5.74) is 6.78. The number of aryl methyl sites for hydroxylation is 1. The molecule has 0 saturated carbocycles. The van der Waals surface area contributed by atoms with Gasteiger partial charge in [-0.3, -0.25) is 0 Å². The molecule has 4 nitrogen and oxygen atoms in total. The Morgan fingerprint density at radius 1 is 1.17 bits per heavy atom. The van der Waals surface area contributed by atoms with Gasteiger partial charge in [0, 0.05) is 18.7 Å². The minimum absolute atomic E-state index is 0.379. The Bertz CT molecular complexity index is 333. The first-order valence-corrected chi connectivity index (χ1v) is 6.35. The molecule has 0 aliphatic rings. The van der Waals surface area contributed by atoms with E-state index in [2.05, 4.69) is 24.4 Å². The molecule has 0 radical (unpaired) electrons. The fourth-order valence-electron chi connectivity index (χ4n) is 1.74. The van der Waals surface area contributed by atoms with Crippen LogP contribution in [-0.2, 0) is 6.42 Å². The number of nitrogens with two attached hydrogens (primary N) is 1. The summed E-state index contributed by atoms with van der Waals surface area (Å²) < 4.78 is 10.5. The van der Waals surface area contributed by atoms with Crippen LogP contribution < -0.4 is 20.5 Å². The van der Waals surface area contributed by atoms with Crippen LogP contribution in [0.2, 0.25) is 0 Å². The molecule has 3 N–H and O–H groups in total. The molecular formula is C14H24N2O2. The molecule has 0 unspecified atom stereocenters. The third-order valence-electron chi connectivity index (χ3n) is 2.90. The van der Waals surface area contributed by atoms with Gasteiger partial charge in [-0.15, -0.1) is 0 Å². The number of hydrogen-bond donors (Lipinski definition) is 2. The SMILES string of the molecule is COc1cc(CCCN[C@H](C)CN)cc(OC)c1. The van der Waals surface area contributed by atoms with Crippen LogP contribution in [0.5, 0.6) is 11.5 Å². The van der Waals surface area contributed by atoms with Crippen molar-refractivity contribution >= 4 is 0 Å². The predicted molar refractivity (Wildman–Crippen MR) is 74.4 cm³/mol. The molecule has 1 rings (SSSR count). The lowest BCUT2D eigenvalue weighted by Gasteiger charge is -2.11. The van der Waals surface area contributed by atoms with E-state index in [1.54, 1.807) is 14.2 Å². The van der Waals surface area contributed by atoms with E-state index in [0.29, 0.717) is 12.6 Å². The van der Waals surface area contributed by atoms with Crippen molar-refractivity contribution in [1.29, 1.82) is 0 Å². The monoisotopic (exact) mass is 252 g/mol. The minimum Gasteiger partial charge on any atom is -0.497 e. The van der Waals surface area contributed by atoms with Gasteiger partial charge in [0.2, 0.25) is 0 Å². The lowest BCUT2D eigenvalue weighted by Crippen LogP contribution is -2.33. The Labute approximate surface area is 109 Å².